The van der Waals surface area contributed by atoms with Crippen molar-refractivity contribution >= 4 is 5.91 Å². The fraction of sp³-hybridized carbons (Fsp3) is 0.692. The molecule has 5 nitrogen and oxygen atoms in total. The first-order chi connectivity index (χ1) is 14.8. The van der Waals surface area contributed by atoms with Gasteiger partial charge in [-0.25, -0.2) is 0 Å². The standard InChI is InChI=1S/C26H38N2O3/c1-17-7-8-21-20(15-28-24(31)23-6-4-5-13-27-23)22(10-12-25(17,21)2)26(3)11-9-19(30)14-18(26)16-29/h4-6,13,18-22,29-30H,1,7-12,14-16H2,2-3H3,(H,28,31)/t18-,19+,20+,21+,22+,25-,26+/m1/s1. The van der Waals surface area contributed by atoms with E-state index in [1.165, 1.54) is 5.57 Å². The number of aliphatic hydroxyl groups is 2. The lowest BCUT2D eigenvalue weighted by Gasteiger charge is -2.56. The third-order valence-corrected chi connectivity index (χ3v) is 9.36. The van der Waals surface area contributed by atoms with Gasteiger partial charge in [0, 0.05) is 19.3 Å². The monoisotopic (exact) mass is 426 g/mol. The van der Waals surface area contributed by atoms with Crippen LogP contribution in [0.1, 0.15) is 69.3 Å². The quantitative estimate of drug-likeness (QED) is 0.622. The molecule has 4 rings (SSSR count). The minimum Gasteiger partial charge on any atom is -0.396 e. The molecule has 1 amide bonds. The Hall–Kier alpha value is -1.72. The number of carbonyl (C=O) groups excluding carboxylic acids is 1. The first-order valence-corrected chi connectivity index (χ1v) is 12.0. The molecule has 3 fully saturated rings. The molecular weight excluding hydrogens is 388 g/mol. The molecule has 0 aliphatic heterocycles. The lowest BCUT2D eigenvalue weighted by molar-refractivity contribution is -0.0928. The Balaban J connectivity index is 1.60. The first-order valence-electron chi connectivity index (χ1n) is 12.0. The Morgan fingerprint density at radius 2 is 2.03 bits per heavy atom. The van der Waals surface area contributed by atoms with E-state index in [1.807, 2.05) is 12.1 Å². The highest BCUT2D eigenvalue weighted by Crippen LogP contribution is 2.63. The number of fused-ring (bicyclic) bond motifs is 1. The predicted molar refractivity (Wildman–Crippen MR) is 121 cm³/mol. The molecule has 3 saturated carbocycles. The fourth-order valence-corrected chi connectivity index (χ4v) is 7.26. The number of allylic oxidation sites excluding steroid dienone is 1. The topological polar surface area (TPSA) is 82.5 Å². The van der Waals surface area contributed by atoms with E-state index in [0.717, 1.165) is 38.5 Å². The molecule has 3 aliphatic carbocycles. The van der Waals surface area contributed by atoms with Gasteiger partial charge < -0.3 is 15.5 Å². The maximum absolute atomic E-state index is 12.8. The van der Waals surface area contributed by atoms with Crippen LogP contribution in [0.3, 0.4) is 0 Å². The van der Waals surface area contributed by atoms with E-state index >= 15 is 0 Å². The van der Waals surface area contributed by atoms with Gasteiger partial charge in [0.1, 0.15) is 5.69 Å². The van der Waals surface area contributed by atoms with Gasteiger partial charge in [-0.2, -0.15) is 0 Å². The van der Waals surface area contributed by atoms with Gasteiger partial charge in [0.15, 0.2) is 0 Å². The van der Waals surface area contributed by atoms with Gasteiger partial charge in [-0.1, -0.05) is 32.1 Å². The normalized spacial score (nSPS) is 40.4. The van der Waals surface area contributed by atoms with Crippen LogP contribution in [-0.4, -0.2) is 40.4 Å². The van der Waals surface area contributed by atoms with Crippen molar-refractivity contribution in [3.05, 3.63) is 42.2 Å². The second-order valence-electron chi connectivity index (χ2n) is 10.7. The number of hydrogen-bond acceptors (Lipinski definition) is 4. The lowest BCUT2D eigenvalue weighted by atomic mass is 9.49. The molecule has 0 aromatic carbocycles. The molecule has 0 radical (unpaired) electrons. The summed E-state index contributed by atoms with van der Waals surface area (Å²) in [6.07, 6.45) is 8.14. The average molecular weight is 427 g/mol. The molecule has 5 heteroatoms. The van der Waals surface area contributed by atoms with Gasteiger partial charge in [-0.05, 0) is 91.6 Å². The van der Waals surface area contributed by atoms with Crippen molar-refractivity contribution in [2.75, 3.05) is 13.2 Å². The molecule has 1 aromatic heterocycles. The second kappa shape index (κ2) is 8.67. The van der Waals surface area contributed by atoms with E-state index in [9.17, 15) is 15.0 Å². The number of carbonyl (C=O) groups is 1. The fourth-order valence-electron chi connectivity index (χ4n) is 7.26. The predicted octanol–water partition coefficient (Wildman–Crippen LogP) is 3.97. The Labute approximate surface area is 186 Å². The molecule has 7 atom stereocenters. The summed E-state index contributed by atoms with van der Waals surface area (Å²) in [5, 5.41) is 23.7. The third-order valence-electron chi connectivity index (χ3n) is 9.36. The van der Waals surface area contributed by atoms with Crippen molar-refractivity contribution in [2.45, 2.75) is 64.9 Å². The van der Waals surface area contributed by atoms with Crippen LogP contribution in [0.25, 0.3) is 0 Å². The van der Waals surface area contributed by atoms with Gasteiger partial charge >= 0.3 is 0 Å². The summed E-state index contributed by atoms with van der Waals surface area (Å²) >= 11 is 0. The van der Waals surface area contributed by atoms with Crippen LogP contribution in [-0.2, 0) is 0 Å². The van der Waals surface area contributed by atoms with Crippen LogP contribution in [0, 0.1) is 34.5 Å². The number of nitrogens with one attached hydrogen (secondary N) is 1. The maximum atomic E-state index is 12.8. The molecular formula is C26H38N2O3. The van der Waals surface area contributed by atoms with Crippen molar-refractivity contribution in [3.8, 4) is 0 Å². The molecule has 3 aliphatic rings. The molecule has 31 heavy (non-hydrogen) atoms. The third kappa shape index (κ3) is 3.95. The maximum Gasteiger partial charge on any atom is 0.269 e. The average Bonchev–Trinajstić information content (AvgIpc) is 3.08. The highest BCUT2D eigenvalue weighted by atomic mass is 16.3. The van der Waals surface area contributed by atoms with Gasteiger partial charge in [0.2, 0.25) is 0 Å². The first kappa shape index (κ1) is 22.5. The van der Waals surface area contributed by atoms with Crippen molar-refractivity contribution in [1.82, 2.24) is 10.3 Å². The van der Waals surface area contributed by atoms with Crippen LogP contribution < -0.4 is 5.32 Å². The minimum atomic E-state index is -0.312. The van der Waals surface area contributed by atoms with Crippen molar-refractivity contribution in [3.63, 3.8) is 0 Å². The second-order valence-corrected chi connectivity index (χ2v) is 10.7. The zero-order valence-corrected chi connectivity index (χ0v) is 19.0. The zero-order valence-electron chi connectivity index (χ0n) is 19.0. The van der Waals surface area contributed by atoms with Crippen LogP contribution in [0.2, 0.25) is 0 Å². The number of nitrogens with zero attached hydrogens (tertiary/aromatic N) is 1. The van der Waals surface area contributed by atoms with Gasteiger partial charge in [0.05, 0.1) is 6.10 Å². The van der Waals surface area contributed by atoms with Crippen LogP contribution >= 0.6 is 0 Å². The summed E-state index contributed by atoms with van der Waals surface area (Å²) in [4.78, 5) is 17.0. The van der Waals surface area contributed by atoms with Gasteiger partial charge in [0.25, 0.3) is 5.91 Å². The highest BCUT2D eigenvalue weighted by molar-refractivity contribution is 5.92. The molecule has 3 N–H and O–H groups in total. The van der Waals surface area contributed by atoms with Crippen LogP contribution in [0.15, 0.2) is 36.5 Å². The number of aromatic nitrogens is 1. The van der Waals surface area contributed by atoms with E-state index in [4.69, 9.17) is 0 Å². The summed E-state index contributed by atoms with van der Waals surface area (Å²) in [6.45, 7) is 9.85. The number of rotatable bonds is 5. The number of pyridine rings is 1. The Kier molecular flexibility index (Phi) is 6.28. The number of aliphatic hydroxyl groups excluding tert-OH is 2. The van der Waals surface area contributed by atoms with E-state index in [-0.39, 0.29) is 35.4 Å². The molecule has 1 aromatic rings. The Morgan fingerprint density at radius 3 is 2.74 bits per heavy atom. The summed E-state index contributed by atoms with van der Waals surface area (Å²) in [5.41, 5.74) is 1.92. The van der Waals surface area contributed by atoms with Crippen molar-refractivity contribution < 1.29 is 15.0 Å². The van der Waals surface area contributed by atoms with Gasteiger partial charge in [-0.3, -0.25) is 9.78 Å². The van der Waals surface area contributed by atoms with Crippen LogP contribution in [0.4, 0.5) is 0 Å². The van der Waals surface area contributed by atoms with E-state index in [2.05, 4.69) is 30.7 Å². The van der Waals surface area contributed by atoms with Crippen LogP contribution in [0.5, 0.6) is 0 Å². The summed E-state index contributed by atoms with van der Waals surface area (Å²) in [5.74, 6) is 1.21. The van der Waals surface area contributed by atoms with E-state index in [1.54, 1.807) is 12.3 Å². The number of amides is 1. The number of hydrogen-bond donors (Lipinski definition) is 3. The van der Waals surface area contributed by atoms with Gasteiger partial charge in [-0.15, -0.1) is 0 Å². The molecule has 170 valence electrons. The summed E-state index contributed by atoms with van der Waals surface area (Å²) in [6, 6.07) is 5.40. The molecule has 0 bridgehead atoms. The summed E-state index contributed by atoms with van der Waals surface area (Å²) < 4.78 is 0. The summed E-state index contributed by atoms with van der Waals surface area (Å²) in [7, 11) is 0. The molecule has 0 spiro atoms. The Bertz CT molecular complexity index is 812. The SMILES string of the molecule is C=C1CC[C@H]2[C@H](CNC(=O)c3ccccn3)[C@@H]([C@@]3(C)CC[C@H](O)C[C@@H]3CO)CC[C@]12C. The van der Waals surface area contributed by atoms with Crippen molar-refractivity contribution in [2.24, 2.45) is 34.5 Å². The lowest BCUT2D eigenvalue weighted by Crippen LogP contribution is -2.53. The van der Waals surface area contributed by atoms with Crippen molar-refractivity contribution in [1.29, 1.82) is 0 Å². The smallest absolute Gasteiger partial charge is 0.269 e. The molecule has 1 heterocycles. The van der Waals surface area contributed by atoms with E-state index < -0.39 is 0 Å². The largest absolute Gasteiger partial charge is 0.396 e. The Morgan fingerprint density at radius 1 is 1.23 bits per heavy atom. The zero-order chi connectivity index (χ0) is 22.2. The minimum absolute atomic E-state index is 0.0282. The molecule has 0 saturated heterocycles. The highest BCUT2D eigenvalue weighted by Gasteiger charge is 2.56. The van der Waals surface area contributed by atoms with E-state index in [0.29, 0.717) is 36.4 Å². The molecule has 0 unspecified atom stereocenters.